The highest BCUT2D eigenvalue weighted by atomic mass is 16.6. The van der Waals surface area contributed by atoms with Crippen LogP contribution in [0.25, 0.3) is 0 Å². The lowest BCUT2D eigenvalue weighted by Crippen LogP contribution is -2.26. The zero-order valence-corrected chi connectivity index (χ0v) is 15.3. The summed E-state index contributed by atoms with van der Waals surface area (Å²) in [4.78, 5) is 25.9. The molecule has 2 aromatic rings. The molecule has 0 radical (unpaired) electrons. The standard InChI is InChI=1S/C19H21N3O5/c1-14-5-3-4-6-18(14)26-11-9-20(2)16-8-7-15(13-17(16)22(24)25)21-10-12-27-19(21)23/h3-8,13H,9-12H2,1-2H3. The molecule has 2 aromatic carbocycles. The van der Waals surface area contributed by atoms with Crippen LogP contribution in [-0.2, 0) is 4.74 Å². The summed E-state index contributed by atoms with van der Waals surface area (Å²) in [6, 6.07) is 12.4. The number of nitro benzene ring substituents is 1. The lowest BCUT2D eigenvalue weighted by atomic mass is 10.2. The normalized spacial score (nSPS) is 13.4. The maximum Gasteiger partial charge on any atom is 0.414 e. The molecule has 0 saturated carbocycles. The van der Waals surface area contributed by atoms with Gasteiger partial charge in [-0.15, -0.1) is 0 Å². The Morgan fingerprint density at radius 2 is 2.07 bits per heavy atom. The van der Waals surface area contributed by atoms with Crippen molar-refractivity contribution in [2.24, 2.45) is 0 Å². The van der Waals surface area contributed by atoms with Crippen LogP contribution in [0.4, 0.5) is 21.9 Å². The lowest BCUT2D eigenvalue weighted by molar-refractivity contribution is -0.384. The number of hydrogen-bond acceptors (Lipinski definition) is 6. The monoisotopic (exact) mass is 371 g/mol. The number of amides is 1. The van der Waals surface area contributed by atoms with E-state index in [9.17, 15) is 14.9 Å². The van der Waals surface area contributed by atoms with Gasteiger partial charge < -0.3 is 14.4 Å². The molecule has 27 heavy (non-hydrogen) atoms. The molecule has 0 atom stereocenters. The quantitative estimate of drug-likeness (QED) is 0.548. The van der Waals surface area contributed by atoms with Crippen LogP contribution < -0.4 is 14.5 Å². The summed E-state index contributed by atoms with van der Waals surface area (Å²) in [6.07, 6.45) is -0.489. The van der Waals surface area contributed by atoms with Gasteiger partial charge in [-0.1, -0.05) is 18.2 Å². The van der Waals surface area contributed by atoms with Crippen molar-refractivity contribution in [2.45, 2.75) is 6.92 Å². The Kier molecular flexibility index (Phi) is 5.44. The first-order valence-corrected chi connectivity index (χ1v) is 8.59. The van der Waals surface area contributed by atoms with E-state index < -0.39 is 11.0 Å². The zero-order chi connectivity index (χ0) is 19.4. The number of carbonyl (C=O) groups is 1. The molecular weight excluding hydrogens is 350 g/mol. The molecule has 0 N–H and O–H groups in total. The van der Waals surface area contributed by atoms with Crippen molar-refractivity contribution in [3.05, 3.63) is 58.1 Å². The summed E-state index contributed by atoms with van der Waals surface area (Å²) in [5.41, 5.74) is 1.89. The van der Waals surface area contributed by atoms with Gasteiger partial charge in [-0.05, 0) is 30.7 Å². The Labute approximate surface area is 157 Å². The Balaban J connectivity index is 1.71. The number of ether oxygens (including phenoxy) is 2. The summed E-state index contributed by atoms with van der Waals surface area (Å²) >= 11 is 0. The van der Waals surface area contributed by atoms with Gasteiger partial charge in [0.05, 0.1) is 23.7 Å². The first-order valence-electron chi connectivity index (χ1n) is 8.59. The minimum Gasteiger partial charge on any atom is -0.491 e. The van der Waals surface area contributed by atoms with Gasteiger partial charge in [0.2, 0.25) is 0 Å². The van der Waals surface area contributed by atoms with Crippen molar-refractivity contribution >= 4 is 23.2 Å². The van der Waals surface area contributed by atoms with E-state index in [1.54, 1.807) is 24.1 Å². The average Bonchev–Trinajstić information content (AvgIpc) is 3.08. The number of cyclic esters (lactones) is 1. The highest BCUT2D eigenvalue weighted by Crippen LogP contribution is 2.33. The van der Waals surface area contributed by atoms with E-state index in [0.717, 1.165) is 11.3 Å². The second-order valence-electron chi connectivity index (χ2n) is 6.23. The highest BCUT2D eigenvalue weighted by Gasteiger charge is 2.27. The molecule has 142 valence electrons. The van der Waals surface area contributed by atoms with Crippen LogP contribution in [0.15, 0.2) is 42.5 Å². The van der Waals surface area contributed by atoms with Crippen molar-refractivity contribution in [2.75, 3.05) is 43.2 Å². The Hall–Kier alpha value is -3.29. The summed E-state index contributed by atoms with van der Waals surface area (Å²) in [6.45, 7) is 3.49. The Morgan fingerprint density at radius 1 is 1.30 bits per heavy atom. The van der Waals surface area contributed by atoms with Crippen LogP contribution in [0.3, 0.4) is 0 Å². The van der Waals surface area contributed by atoms with Crippen molar-refractivity contribution < 1.29 is 19.2 Å². The van der Waals surface area contributed by atoms with E-state index in [1.807, 2.05) is 31.2 Å². The predicted molar refractivity (Wildman–Crippen MR) is 102 cm³/mol. The van der Waals surface area contributed by atoms with Gasteiger partial charge in [-0.2, -0.15) is 0 Å². The van der Waals surface area contributed by atoms with Gasteiger partial charge in [0.1, 0.15) is 24.7 Å². The lowest BCUT2D eigenvalue weighted by Gasteiger charge is -2.21. The summed E-state index contributed by atoms with van der Waals surface area (Å²) < 4.78 is 10.7. The second kappa shape index (κ2) is 7.94. The molecule has 1 amide bonds. The third-order valence-electron chi connectivity index (χ3n) is 4.42. The van der Waals surface area contributed by atoms with Crippen LogP contribution >= 0.6 is 0 Å². The second-order valence-corrected chi connectivity index (χ2v) is 6.23. The molecule has 0 bridgehead atoms. The molecule has 1 aliphatic heterocycles. The maximum atomic E-state index is 11.7. The number of hydrogen-bond donors (Lipinski definition) is 0. The molecule has 0 aliphatic carbocycles. The first kappa shape index (κ1) is 18.5. The third kappa shape index (κ3) is 4.11. The van der Waals surface area contributed by atoms with Gasteiger partial charge in [0.25, 0.3) is 5.69 Å². The fourth-order valence-electron chi connectivity index (χ4n) is 2.91. The summed E-state index contributed by atoms with van der Waals surface area (Å²) in [5.74, 6) is 0.795. The van der Waals surface area contributed by atoms with E-state index in [4.69, 9.17) is 9.47 Å². The molecule has 1 fully saturated rings. The van der Waals surface area contributed by atoms with Gasteiger partial charge in [0.15, 0.2) is 0 Å². The Morgan fingerprint density at radius 3 is 2.74 bits per heavy atom. The molecule has 1 heterocycles. The van der Waals surface area contributed by atoms with Crippen LogP contribution in [-0.4, -0.2) is 44.4 Å². The zero-order valence-electron chi connectivity index (χ0n) is 15.3. The molecule has 3 rings (SSSR count). The average molecular weight is 371 g/mol. The number of nitro groups is 1. The fourth-order valence-corrected chi connectivity index (χ4v) is 2.91. The molecular formula is C19H21N3O5. The van der Waals surface area contributed by atoms with Gasteiger partial charge in [-0.3, -0.25) is 15.0 Å². The maximum absolute atomic E-state index is 11.7. The van der Waals surface area contributed by atoms with Crippen molar-refractivity contribution in [3.8, 4) is 5.75 Å². The molecule has 8 nitrogen and oxygen atoms in total. The topological polar surface area (TPSA) is 85.2 Å². The molecule has 8 heteroatoms. The number of anilines is 2. The van der Waals surface area contributed by atoms with Crippen LogP contribution in [0.2, 0.25) is 0 Å². The third-order valence-corrected chi connectivity index (χ3v) is 4.42. The van der Waals surface area contributed by atoms with Crippen molar-refractivity contribution in [1.82, 2.24) is 0 Å². The number of likely N-dealkylation sites (N-methyl/N-ethyl adjacent to an activating group) is 1. The number of para-hydroxylation sites is 1. The van der Waals surface area contributed by atoms with Crippen LogP contribution in [0, 0.1) is 17.0 Å². The van der Waals surface area contributed by atoms with Gasteiger partial charge in [-0.25, -0.2) is 4.79 Å². The molecule has 0 aromatic heterocycles. The minimum absolute atomic E-state index is 0.0643. The predicted octanol–water partition coefficient (Wildman–Crippen LogP) is 3.38. The van der Waals surface area contributed by atoms with Crippen LogP contribution in [0.1, 0.15) is 5.56 Å². The fraction of sp³-hybridized carbons (Fsp3) is 0.316. The summed E-state index contributed by atoms with van der Waals surface area (Å²) in [5, 5.41) is 11.5. The first-order chi connectivity index (χ1) is 13.0. The minimum atomic E-state index is -0.489. The molecule has 0 unspecified atom stereocenters. The number of benzene rings is 2. The van der Waals surface area contributed by atoms with Crippen molar-refractivity contribution in [1.29, 1.82) is 0 Å². The number of aryl methyl sites for hydroxylation is 1. The van der Waals surface area contributed by atoms with E-state index >= 15 is 0 Å². The van der Waals surface area contributed by atoms with Crippen molar-refractivity contribution in [3.63, 3.8) is 0 Å². The van der Waals surface area contributed by atoms with E-state index in [0.29, 0.717) is 31.1 Å². The number of nitrogens with zero attached hydrogens (tertiary/aromatic N) is 3. The van der Waals surface area contributed by atoms with E-state index in [1.165, 1.54) is 11.0 Å². The number of carbonyl (C=O) groups excluding carboxylic acids is 1. The van der Waals surface area contributed by atoms with E-state index in [-0.39, 0.29) is 12.3 Å². The summed E-state index contributed by atoms with van der Waals surface area (Å²) in [7, 11) is 1.77. The van der Waals surface area contributed by atoms with Crippen LogP contribution in [0.5, 0.6) is 5.75 Å². The number of rotatable bonds is 7. The Bertz CT molecular complexity index is 855. The van der Waals surface area contributed by atoms with Gasteiger partial charge in [0, 0.05) is 13.1 Å². The molecule has 0 spiro atoms. The molecule has 1 saturated heterocycles. The molecule has 1 aliphatic rings. The highest BCUT2D eigenvalue weighted by molar-refractivity contribution is 5.90. The van der Waals surface area contributed by atoms with Gasteiger partial charge >= 0.3 is 6.09 Å². The smallest absolute Gasteiger partial charge is 0.414 e. The largest absolute Gasteiger partial charge is 0.491 e. The SMILES string of the molecule is Cc1ccccc1OCCN(C)c1ccc(N2CCOC2=O)cc1[N+](=O)[O-]. The van der Waals surface area contributed by atoms with E-state index in [2.05, 4.69) is 0 Å².